The maximum Gasteiger partial charge on any atom is 0.247 e. The van der Waals surface area contributed by atoms with Gasteiger partial charge in [-0.1, -0.05) is 6.92 Å². The average Bonchev–Trinajstić information content (AvgIpc) is 2.89. The number of rotatable bonds is 15. The smallest absolute Gasteiger partial charge is 0.247 e. The molecule has 0 spiro atoms. The summed E-state index contributed by atoms with van der Waals surface area (Å²) < 4.78 is 17.6. The third-order valence-electron chi connectivity index (χ3n) is 5.93. The number of nitrogens with zero attached hydrogens (tertiary/aromatic N) is 1. The topological polar surface area (TPSA) is 135 Å². The molecule has 1 aliphatic rings. The maximum absolute atomic E-state index is 13.1. The lowest BCUT2D eigenvalue weighted by Crippen LogP contribution is -2.55. The number of nitrogens with one attached hydrogen (secondary N) is 1. The molecule has 206 valence electrons. The summed E-state index contributed by atoms with van der Waals surface area (Å²) >= 11 is 2.01. The van der Waals surface area contributed by atoms with Gasteiger partial charge in [0.15, 0.2) is 11.5 Å². The molecule has 37 heavy (non-hydrogen) atoms. The highest BCUT2D eigenvalue weighted by Gasteiger charge is 2.40. The van der Waals surface area contributed by atoms with Gasteiger partial charge in [0.05, 0.1) is 23.3 Å². The second-order valence-electron chi connectivity index (χ2n) is 8.56. The van der Waals surface area contributed by atoms with E-state index in [2.05, 4.69) is 5.32 Å². The SMILES string of the molecule is CCCC(=O)N(CCCOCC)C1CC(C(=O)NCCO)=CC(Oc2c(I)cc(C=O)cc2OC)C1O. The average molecular weight is 632 g/mol. The lowest BCUT2D eigenvalue weighted by molar-refractivity contribution is -0.139. The van der Waals surface area contributed by atoms with E-state index in [1.54, 1.807) is 17.0 Å². The van der Waals surface area contributed by atoms with Crippen molar-refractivity contribution in [3.05, 3.63) is 32.9 Å². The number of aliphatic hydroxyl groups is 2. The lowest BCUT2D eigenvalue weighted by Gasteiger charge is -2.40. The normalized spacial score (nSPS) is 19.1. The summed E-state index contributed by atoms with van der Waals surface area (Å²) in [7, 11) is 1.44. The number of benzene rings is 1. The standard InChI is InChI=1S/C26H37IN2O8/c1-4-7-23(32)29(9-6-11-36-5-2)20-14-18(26(34)28-8-10-30)15-21(24(20)33)37-25-19(27)12-17(16-31)13-22(25)35-3/h12-13,15-16,20-21,24,30,33H,4-11,14H2,1-3H3,(H,28,34). The van der Waals surface area contributed by atoms with Gasteiger partial charge in [0.25, 0.3) is 0 Å². The number of hydrogen-bond donors (Lipinski definition) is 3. The van der Waals surface area contributed by atoms with Gasteiger partial charge < -0.3 is 34.6 Å². The van der Waals surface area contributed by atoms with Gasteiger partial charge >= 0.3 is 0 Å². The van der Waals surface area contributed by atoms with E-state index in [0.29, 0.717) is 71.5 Å². The summed E-state index contributed by atoms with van der Waals surface area (Å²) in [5, 5.41) is 23.2. The molecule has 0 saturated carbocycles. The van der Waals surface area contributed by atoms with E-state index in [4.69, 9.17) is 19.3 Å². The monoisotopic (exact) mass is 632 g/mol. The molecule has 0 aromatic heterocycles. The molecular formula is C26H37IN2O8. The van der Waals surface area contributed by atoms with Crippen molar-refractivity contribution in [2.45, 2.75) is 57.8 Å². The fourth-order valence-electron chi connectivity index (χ4n) is 4.15. The molecule has 1 aromatic rings. The van der Waals surface area contributed by atoms with Crippen LogP contribution in [0.15, 0.2) is 23.8 Å². The third-order valence-corrected chi connectivity index (χ3v) is 6.73. The van der Waals surface area contributed by atoms with Crippen LogP contribution in [0, 0.1) is 3.57 Å². The van der Waals surface area contributed by atoms with Gasteiger partial charge in [-0.05, 0) is 60.6 Å². The van der Waals surface area contributed by atoms with Gasteiger partial charge in [-0.3, -0.25) is 14.4 Å². The number of ether oxygens (including phenoxy) is 3. The van der Waals surface area contributed by atoms with Gasteiger partial charge in [0.1, 0.15) is 18.5 Å². The fourth-order valence-corrected chi connectivity index (χ4v) is 4.90. The van der Waals surface area contributed by atoms with Crippen LogP contribution in [-0.4, -0.2) is 91.5 Å². The van der Waals surface area contributed by atoms with Crippen LogP contribution in [-0.2, 0) is 14.3 Å². The van der Waals surface area contributed by atoms with Crippen molar-refractivity contribution in [3.63, 3.8) is 0 Å². The molecule has 0 heterocycles. The largest absolute Gasteiger partial charge is 0.493 e. The Morgan fingerprint density at radius 2 is 2.05 bits per heavy atom. The molecular weight excluding hydrogens is 595 g/mol. The Morgan fingerprint density at radius 3 is 2.68 bits per heavy atom. The Labute approximate surface area is 231 Å². The van der Waals surface area contributed by atoms with Crippen LogP contribution in [0.3, 0.4) is 0 Å². The Kier molecular flexibility index (Phi) is 13.3. The Bertz CT molecular complexity index is 955. The Hall–Kier alpha value is -2.22. The van der Waals surface area contributed by atoms with Crippen LogP contribution in [0.4, 0.5) is 0 Å². The first-order chi connectivity index (χ1) is 17.8. The van der Waals surface area contributed by atoms with Crippen molar-refractivity contribution in [3.8, 4) is 11.5 Å². The molecule has 0 saturated heterocycles. The number of carbonyl (C=O) groups is 3. The summed E-state index contributed by atoms with van der Waals surface area (Å²) in [4.78, 5) is 38.9. The predicted molar refractivity (Wildman–Crippen MR) is 146 cm³/mol. The van der Waals surface area contributed by atoms with Crippen molar-refractivity contribution < 1.29 is 38.8 Å². The highest BCUT2D eigenvalue weighted by Crippen LogP contribution is 2.37. The van der Waals surface area contributed by atoms with Crippen LogP contribution in [0.1, 0.15) is 49.9 Å². The summed E-state index contributed by atoms with van der Waals surface area (Å²) in [6, 6.07) is 2.44. The zero-order valence-corrected chi connectivity index (χ0v) is 23.7. The summed E-state index contributed by atoms with van der Waals surface area (Å²) in [5.41, 5.74) is 0.743. The highest BCUT2D eigenvalue weighted by atomic mass is 127. The number of methoxy groups -OCH3 is 1. The molecule has 0 bridgehead atoms. The number of halogens is 1. The van der Waals surface area contributed by atoms with Crippen LogP contribution in [0.2, 0.25) is 0 Å². The molecule has 10 nitrogen and oxygen atoms in total. The Balaban J connectivity index is 2.45. The van der Waals surface area contributed by atoms with Crippen molar-refractivity contribution in [1.82, 2.24) is 10.2 Å². The summed E-state index contributed by atoms with van der Waals surface area (Å²) in [6.07, 6.45) is 1.76. The van der Waals surface area contributed by atoms with Gasteiger partial charge in [0, 0.05) is 50.3 Å². The van der Waals surface area contributed by atoms with Crippen LogP contribution in [0.25, 0.3) is 0 Å². The van der Waals surface area contributed by atoms with Crippen molar-refractivity contribution in [2.75, 3.05) is 40.0 Å². The van der Waals surface area contributed by atoms with Crippen molar-refractivity contribution in [1.29, 1.82) is 0 Å². The van der Waals surface area contributed by atoms with E-state index in [1.807, 2.05) is 36.4 Å². The van der Waals surface area contributed by atoms with E-state index in [-0.39, 0.29) is 25.5 Å². The third kappa shape index (κ3) is 8.66. The molecule has 2 amide bonds. The zero-order valence-electron chi connectivity index (χ0n) is 21.6. The molecule has 3 unspecified atom stereocenters. The van der Waals surface area contributed by atoms with Crippen LogP contribution in [0.5, 0.6) is 11.5 Å². The number of carbonyl (C=O) groups excluding carboxylic acids is 3. The maximum atomic E-state index is 13.1. The summed E-state index contributed by atoms with van der Waals surface area (Å²) in [6.45, 7) is 5.03. The molecule has 0 fully saturated rings. The molecule has 1 aliphatic carbocycles. The van der Waals surface area contributed by atoms with Gasteiger partial charge in [0.2, 0.25) is 11.8 Å². The van der Waals surface area contributed by atoms with Crippen molar-refractivity contribution >= 4 is 40.7 Å². The molecule has 3 N–H and O–H groups in total. The minimum absolute atomic E-state index is 0.0701. The van der Waals surface area contributed by atoms with Crippen LogP contribution >= 0.6 is 22.6 Å². The van der Waals surface area contributed by atoms with E-state index in [1.165, 1.54) is 13.2 Å². The molecule has 0 aliphatic heterocycles. The Morgan fingerprint density at radius 1 is 1.30 bits per heavy atom. The molecule has 0 radical (unpaired) electrons. The van der Waals surface area contributed by atoms with Gasteiger partial charge in [-0.25, -0.2) is 0 Å². The summed E-state index contributed by atoms with van der Waals surface area (Å²) in [5.74, 6) is 0.0854. The minimum atomic E-state index is -1.14. The second-order valence-corrected chi connectivity index (χ2v) is 9.72. The minimum Gasteiger partial charge on any atom is -0.493 e. The van der Waals surface area contributed by atoms with Crippen molar-refractivity contribution in [2.24, 2.45) is 0 Å². The molecule has 1 aromatic carbocycles. The first-order valence-corrected chi connectivity index (χ1v) is 13.5. The van der Waals surface area contributed by atoms with E-state index < -0.39 is 24.2 Å². The van der Waals surface area contributed by atoms with Gasteiger partial charge in [-0.15, -0.1) is 0 Å². The second kappa shape index (κ2) is 15.9. The van der Waals surface area contributed by atoms with E-state index in [0.717, 1.165) is 0 Å². The number of amides is 2. The predicted octanol–water partition coefficient (Wildman–Crippen LogP) is 2.08. The lowest BCUT2D eigenvalue weighted by atomic mass is 9.87. The molecule has 2 rings (SSSR count). The number of hydrogen-bond acceptors (Lipinski definition) is 8. The molecule has 11 heteroatoms. The van der Waals surface area contributed by atoms with E-state index in [9.17, 15) is 19.5 Å². The quantitative estimate of drug-likeness (QED) is 0.152. The van der Waals surface area contributed by atoms with Gasteiger partial charge in [-0.2, -0.15) is 0 Å². The number of aldehydes is 1. The first kappa shape index (κ1) is 31.0. The zero-order chi connectivity index (χ0) is 27.4. The first-order valence-electron chi connectivity index (χ1n) is 12.5. The van der Waals surface area contributed by atoms with E-state index >= 15 is 0 Å². The molecule has 3 atom stereocenters. The highest BCUT2D eigenvalue weighted by molar-refractivity contribution is 14.1. The van der Waals surface area contributed by atoms with Crippen LogP contribution < -0.4 is 14.8 Å². The number of aliphatic hydroxyl groups excluding tert-OH is 2. The fraction of sp³-hybridized carbons (Fsp3) is 0.577.